The number of alkyl halides is 3. The predicted octanol–water partition coefficient (Wildman–Crippen LogP) is 4.68. The summed E-state index contributed by atoms with van der Waals surface area (Å²) in [5.74, 6) is 0. The van der Waals surface area contributed by atoms with E-state index in [1.165, 1.54) is 0 Å². The normalized spacial score (nSPS) is 13.1. The van der Waals surface area contributed by atoms with E-state index in [1.54, 1.807) is 0 Å². The Morgan fingerprint density at radius 3 is 2.00 bits per heavy atom. The maximum absolute atomic E-state index is 12.5. The fourth-order valence-electron chi connectivity index (χ4n) is 1.74. The molecule has 0 aromatic heterocycles. The highest BCUT2D eigenvalue weighted by Crippen LogP contribution is 2.29. The van der Waals surface area contributed by atoms with E-state index in [2.05, 4.69) is 15.9 Å². The van der Waals surface area contributed by atoms with Crippen molar-refractivity contribution in [1.29, 1.82) is 0 Å². The minimum absolute atomic E-state index is 0.103. The average Bonchev–Trinajstić information content (AvgIpc) is 2.16. The Morgan fingerprint density at radius 2 is 1.59 bits per heavy atom. The minimum atomic E-state index is -2.71. The Labute approximate surface area is 112 Å². The number of hydrogen-bond donors (Lipinski definition) is 0. The summed E-state index contributed by atoms with van der Waals surface area (Å²) in [6, 6.07) is 0.878. The van der Waals surface area contributed by atoms with Gasteiger partial charge in [0.2, 0.25) is 0 Å². The standard InChI is InChI=1S/C11H23BrF2O2Si/c1-4-15-17(3,16-5-2)10-8-6-7-9-11(12,13)14/h4-10H2,1-3H3. The molecule has 0 saturated carbocycles. The lowest BCUT2D eigenvalue weighted by Gasteiger charge is -2.25. The molecule has 104 valence electrons. The number of rotatable bonds is 10. The van der Waals surface area contributed by atoms with Crippen molar-refractivity contribution in [2.24, 2.45) is 0 Å². The molecule has 0 aliphatic heterocycles. The summed E-state index contributed by atoms with van der Waals surface area (Å²) in [6.07, 6.45) is 2.12. The Kier molecular flexibility index (Phi) is 8.80. The van der Waals surface area contributed by atoms with Gasteiger partial charge in [0.1, 0.15) is 0 Å². The minimum Gasteiger partial charge on any atom is -0.395 e. The van der Waals surface area contributed by atoms with Gasteiger partial charge in [0, 0.05) is 19.6 Å². The van der Waals surface area contributed by atoms with Gasteiger partial charge in [-0.25, -0.2) is 0 Å². The number of unbranched alkanes of at least 4 members (excludes halogenated alkanes) is 2. The molecule has 0 aromatic rings. The molecule has 6 heteroatoms. The first-order valence-corrected chi connectivity index (χ1v) is 9.49. The largest absolute Gasteiger partial charge is 0.395 e. The molecule has 0 aliphatic rings. The first-order valence-electron chi connectivity index (χ1n) is 6.17. The molecule has 0 radical (unpaired) electrons. The molecule has 0 amide bonds. The molecular weight excluding hydrogens is 310 g/mol. The third-order valence-electron chi connectivity index (χ3n) is 2.49. The summed E-state index contributed by atoms with van der Waals surface area (Å²) >= 11 is 2.35. The zero-order valence-electron chi connectivity index (χ0n) is 10.9. The summed E-state index contributed by atoms with van der Waals surface area (Å²) in [4.78, 5) is -2.71. The van der Waals surface area contributed by atoms with E-state index in [1.807, 2.05) is 20.4 Å². The zero-order valence-corrected chi connectivity index (χ0v) is 13.5. The SMILES string of the molecule is CCO[Si](C)(CCCCCC(F)(F)Br)OCC. The highest BCUT2D eigenvalue weighted by molar-refractivity contribution is 9.09. The van der Waals surface area contributed by atoms with Crippen LogP contribution in [0.1, 0.15) is 39.5 Å². The Bertz CT molecular complexity index is 194. The second kappa shape index (κ2) is 8.56. The molecule has 0 aliphatic carbocycles. The van der Waals surface area contributed by atoms with Crippen LogP contribution in [-0.4, -0.2) is 26.6 Å². The van der Waals surface area contributed by atoms with Crippen molar-refractivity contribution in [2.75, 3.05) is 13.2 Å². The van der Waals surface area contributed by atoms with Gasteiger partial charge in [0.15, 0.2) is 0 Å². The third kappa shape index (κ3) is 10.1. The lowest BCUT2D eigenvalue weighted by Crippen LogP contribution is -2.38. The molecule has 0 heterocycles. The second-order valence-corrected chi connectivity index (χ2v) is 8.68. The van der Waals surface area contributed by atoms with Crippen LogP contribution in [0.3, 0.4) is 0 Å². The van der Waals surface area contributed by atoms with Gasteiger partial charge in [-0.2, -0.15) is 8.78 Å². The molecule has 0 fully saturated rings. The van der Waals surface area contributed by atoms with Crippen LogP contribution in [0.25, 0.3) is 0 Å². The summed E-state index contributed by atoms with van der Waals surface area (Å²) in [5, 5.41) is 0. The maximum atomic E-state index is 12.5. The monoisotopic (exact) mass is 332 g/mol. The molecule has 0 aromatic carbocycles. The van der Waals surface area contributed by atoms with Crippen molar-refractivity contribution in [2.45, 2.75) is 57.0 Å². The second-order valence-electron chi connectivity index (χ2n) is 4.18. The fourth-order valence-corrected chi connectivity index (χ4v) is 4.51. The summed E-state index contributed by atoms with van der Waals surface area (Å²) in [5.41, 5.74) is 0. The Balaban J connectivity index is 3.75. The van der Waals surface area contributed by atoms with Gasteiger partial charge in [-0.3, -0.25) is 0 Å². The number of hydrogen-bond acceptors (Lipinski definition) is 2. The van der Waals surface area contributed by atoms with Crippen LogP contribution in [0.5, 0.6) is 0 Å². The molecule has 0 atom stereocenters. The Hall–Kier alpha value is 0.477. The van der Waals surface area contributed by atoms with Crippen molar-refractivity contribution >= 4 is 24.5 Å². The van der Waals surface area contributed by atoms with E-state index >= 15 is 0 Å². The smallest absolute Gasteiger partial charge is 0.334 e. The molecule has 0 bridgehead atoms. The van der Waals surface area contributed by atoms with Gasteiger partial charge in [-0.15, -0.1) is 0 Å². The topological polar surface area (TPSA) is 18.5 Å². The van der Waals surface area contributed by atoms with Gasteiger partial charge >= 0.3 is 13.4 Å². The maximum Gasteiger partial charge on any atom is 0.334 e. The molecule has 0 N–H and O–H groups in total. The van der Waals surface area contributed by atoms with Crippen LogP contribution in [0.4, 0.5) is 8.78 Å². The van der Waals surface area contributed by atoms with E-state index in [-0.39, 0.29) is 6.42 Å². The van der Waals surface area contributed by atoms with E-state index in [0.29, 0.717) is 19.6 Å². The summed E-state index contributed by atoms with van der Waals surface area (Å²) < 4.78 is 36.4. The van der Waals surface area contributed by atoms with Gasteiger partial charge in [0.25, 0.3) is 0 Å². The molecule has 0 unspecified atom stereocenters. The lowest BCUT2D eigenvalue weighted by molar-refractivity contribution is 0.101. The molecule has 0 saturated heterocycles. The van der Waals surface area contributed by atoms with Gasteiger partial charge < -0.3 is 8.85 Å². The van der Waals surface area contributed by atoms with Gasteiger partial charge in [0.05, 0.1) is 0 Å². The number of halogens is 3. The first-order chi connectivity index (χ1) is 7.83. The Morgan fingerprint density at radius 1 is 1.06 bits per heavy atom. The first kappa shape index (κ1) is 17.5. The lowest BCUT2D eigenvalue weighted by atomic mass is 10.2. The highest BCUT2D eigenvalue weighted by Gasteiger charge is 2.30. The predicted molar refractivity (Wildman–Crippen MR) is 72.0 cm³/mol. The summed E-state index contributed by atoms with van der Waals surface area (Å²) in [7, 11) is -2.04. The van der Waals surface area contributed by atoms with E-state index in [0.717, 1.165) is 18.9 Å². The molecular formula is C11H23BrF2O2Si. The molecule has 0 rings (SSSR count). The summed E-state index contributed by atoms with van der Waals surface area (Å²) in [6.45, 7) is 7.26. The third-order valence-corrected chi connectivity index (χ3v) is 5.95. The van der Waals surface area contributed by atoms with Crippen molar-refractivity contribution in [3.8, 4) is 0 Å². The quantitative estimate of drug-likeness (QED) is 0.328. The van der Waals surface area contributed by atoms with Crippen molar-refractivity contribution in [3.05, 3.63) is 0 Å². The van der Waals surface area contributed by atoms with Crippen molar-refractivity contribution in [1.82, 2.24) is 0 Å². The molecule has 0 spiro atoms. The van der Waals surface area contributed by atoms with Crippen LogP contribution in [0.2, 0.25) is 12.6 Å². The van der Waals surface area contributed by atoms with Crippen LogP contribution >= 0.6 is 15.9 Å². The van der Waals surface area contributed by atoms with Crippen molar-refractivity contribution < 1.29 is 17.6 Å². The zero-order chi connectivity index (χ0) is 13.4. The van der Waals surface area contributed by atoms with Crippen LogP contribution in [0, 0.1) is 0 Å². The average molecular weight is 333 g/mol. The van der Waals surface area contributed by atoms with E-state index in [9.17, 15) is 8.78 Å². The van der Waals surface area contributed by atoms with E-state index in [4.69, 9.17) is 8.85 Å². The van der Waals surface area contributed by atoms with Crippen molar-refractivity contribution in [3.63, 3.8) is 0 Å². The van der Waals surface area contributed by atoms with Crippen LogP contribution in [-0.2, 0) is 8.85 Å². The molecule has 17 heavy (non-hydrogen) atoms. The van der Waals surface area contributed by atoms with Gasteiger partial charge in [-0.1, -0.05) is 12.8 Å². The van der Waals surface area contributed by atoms with Crippen LogP contribution in [0.15, 0.2) is 0 Å². The van der Waals surface area contributed by atoms with E-state index < -0.39 is 13.4 Å². The highest BCUT2D eigenvalue weighted by atomic mass is 79.9. The molecule has 2 nitrogen and oxygen atoms in total. The van der Waals surface area contributed by atoms with Gasteiger partial charge in [-0.05, 0) is 48.8 Å². The van der Waals surface area contributed by atoms with Crippen LogP contribution < -0.4 is 0 Å². The fraction of sp³-hybridized carbons (Fsp3) is 1.00.